The van der Waals surface area contributed by atoms with Gasteiger partial charge in [0, 0.05) is 25.4 Å². The van der Waals surface area contributed by atoms with Crippen molar-refractivity contribution in [3.05, 3.63) is 30.9 Å². The summed E-state index contributed by atoms with van der Waals surface area (Å²) in [5.74, 6) is 1.44. The number of hydrogen-bond donors (Lipinski definition) is 2. The van der Waals surface area contributed by atoms with Gasteiger partial charge in [0.2, 0.25) is 23.7 Å². The molecular formula is C10H11N9O. The Kier molecular flexibility index (Phi) is 3.18. The fraction of sp³-hybridized carbons (Fsp3) is 0.200. The Bertz CT molecular complexity index is 664. The SMILES string of the molecule is Nc1nc(NCCc2ncno2)nc(-n2ccnc2)n1. The summed E-state index contributed by atoms with van der Waals surface area (Å²) in [6, 6.07) is 0. The van der Waals surface area contributed by atoms with Crippen LogP contribution in [0.15, 0.2) is 29.6 Å². The van der Waals surface area contributed by atoms with Crippen molar-refractivity contribution in [3.63, 3.8) is 0 Å². The number of nitrogens with zero attached hydrogens (tertiary/aromatic N) is 7. The molecule has 0 amide bonds. The predicted octanol–water partition coefficient (Wildman–Crippen LogP) is -0.323. The van der Waals surface area contributed by atoms with Gasteiger partial charge in [-0.25, -0.2) is 4.98 Å². The van der Waals surface area contributed by atoms with Crippen LogP contribution in [-0.2, 0) is 6.42 Å². The lowest BCUT2D eigenvalue weighted by atomic mass is 10.4. The van der Waals surface area contributed by atoms with E-state index in [2.05, 4.69) is 35.4 Å². The molecule has 3 aromatic heterocycles. The average molecular weight is 273 g/mol. The Morgan fingerprint density at radius 1 is 1.30 bits per heavy atom. The summed E-state index contributed by atoms with van der Waals surface area (Å²) in [4.78, 5) is 20.1. The van der Waals surface area contributed by atoms with Crippen LogP contribution in [0.25, 0.3) is 5.95 Å². The third-order valence-corrected chi connectivity index (χ3v) is 2.41. The molecule has 0 unspecified atom stereocenters. The van der Waals surface area contributed by atoms with Gasteiger partial charge in [0.1, 0.15) is 6.33 Å². The maximum Gasteiger partial charge on any atom is 0.241 e. The van der Waals surface area contributed by atoms with E-state index in [0.29, 0.717) is 30.8 Å². The van der Waals surface area contributed by atoms with E-state index in [1.54, 1.807) is 23.3 Å². The number of nitrogens with two attached hydrogens (primary N) is 1. The van der Waals surface area contributed by atoms with E-state index in [9.17, 15) is 0 Å². The minimum atomic E-state index is 0.129. The molecule has 0 aliphatic rings. The second kappa shape index (κ2) is 5.30. The molecule has 3 rings (SSSR count). The summed E-state index contributed by atoms with van der Waals surface area (Å²) >= 11 is 0. The molecule has 0 bridgehead atoms. The maximum absolute atomic E-state index is 5.65. The molecular weight excluding hydrogens is 262 g/mol. The first kappa shape index (κ1) is 12.0. The van der Waals surface area contributed by atoms with Crippen molar-refractivity contribution in [2.45, 2.75) is 6.42 Å². The molecule has 0 aromatic carbocycles. The van der Waals surface area contributed by atoms with Crippen molar-refractivity contribution in [3.8, 4) is 5.95 Å². The van der Waals surface area contributed by atoms with Crippen molar-refractivity contribution in [2.24, 2.45) is 0 Å². The van der Waals surface area contributed by atoms with Gasteiger partial charge in [-0.15, -0.1) is 0 Å². The van der Waals surface area contributed by atoms with E-state index in [1.807, 2.05) is 0 Å². The topological polar surface area (TPSA) is 133 Å². The van der Waals surface area contributed by atoms with E-state index in [0.717, 1.165) is 0 Å². The highest BCUT2D eigenvalue weighted by Gasteiger charge is 2.06. The van der Waals surface area contributed by atoms with Crippen molar-refractivity contribution >= 4 is 11.9 Å². The highest BCUT2D eigenvalue weighted by molar-refractivity contribution is 5.35. The van der Waals surface area contributed by atoms with Crippen LogP contribution in [-0.4, -0.2) is 41.2 Å². The number of rotatable bonds is 5. The first-order valence-corrected chi connectivity index (χ1v) is 5.80. The van der Waals surface area contributed by atoms with Crippen molar-refractivity contribution in [1.29, 1.82) is 0 Å². The third-order valence-electron chi connectivity index (χ3n) is 2.41. The van der Waals surface area contributed by atoms with Gasteiger partial charge in [0.25, 0.3) is 0 Å². The largest absolute Gasteiger partial charge is 0.368 e. The van der Waals surface area contributed by atoms with Crippen LogP contribution in [0, 0.1) is 0 Å². The highest BCUT2D eigenvalue weighted by Crippen LogP contribution is 2.06. The van der Waals surface area contributed by atoms with Crippen molar-refractivity contribution in [1.82, 2.24) is 34.6 Å². The standard InChI is InChI=1S/C10H11N9O/c11-8-16-9(13-2-1-7-14-5-15-20-7)18-10(17-8)19-4-3-12-6-19/h3-6H,1-2H2,(H3,11,13,16,17,18). The fourth-order valence-electron chi connectivity index (χ4n) is 1.54. The lowest BCUT2D eigenvalue weighted by Gasteiger charge is -2.06. The van der Waals surface area contributed by atoms with Gasteiger partial charge in [-0.3, -0.25) is 4.57 Å². The quantitative estimate of drug-likeness (QED) is 0.641. The Hall–Kier alpha value is -3.04. The monoisotopic (exact) mass is 273 g/mol. The van der Waals surface area contributed by atoms with E-state index < -0.39 is 0 Å². The molecule has 0 saturated carbocycles. The molecule has 0 radical (unpaired) electrons. The van der Waals surface area contributed by atoms with Gasteiger partial charge < -0.3 is 15.6 Å². The van der Waals surface area contributed by atoms with Gasteiger partial charge in [0.15, 0.2) is 6.33 Å². The molecule has 0 atom stereocenters. The van der Waals surface area contributed by atoms with Gasteiger partial charge in [-0.05, 0) is 0 Å². The van der Waals surface area contributed by atoms with Crippen molar-refractivity contribution in [2.75, 3.05) is 17.6 Å². The molecule has 102 valence electrons. The predicted molar refractivity (Wildman–Crippen MR) is 67.9 cm³/mol. The molecule has 0 spiro atoms. The Labute approximate surface area is 113 Å². The first-order valence-electron chi connectivity index (χ1n) is 5.80. The third kappa shape index (κ3) is 2.68. The Balaban J connectivity index is 1.70. The molecule has 10 heteroatoms. The number of hydrogen-bond acceptors (Lipinski definition) is 9. The Morgan fingerprint density at radius 3 is 3.00 bits per heavy atom. The van der Waals surface area contributed by atoms with Crippen LogP contribution in [0.4, 0.5) is 11.9 Å². The molecule has 0 aliphatic heterocycles. The van der Waals surface area contributed by atoms with Crippen LogP contribution >= 0.6 is 0 Å². The zero-order valence-corrected chi connectivity index (χ0v) is 10.3. The molecule has 3 N–H and O–H groups in total. The summed E-state index contributed by atoms with van der Waals surface area (Å²) in [6.45, 7) is 0.537. The van der Waals surface area contributed by atoms with Crippen LogP contribution in [0.2, 0.25) is 0 Å². The molecule has 20 heavy (non-hydrogen) atoms. The van der Waals surface area contributed by atoms with Crippen LogP contribution in [0.3, 0.4) is 0 Å². The molecule has 3 aromatic rings. The fourth-order valence-corrected chi connectivity index (χ4v) is 1.54. The summed E-state index contributed by atoms with van der Waals surface area (Å²) in [7, 11) is 0. The summed E-state index contributed by atoms with van der Waals surface area (Å²) in [5, 5.41) is 6.55. The number of imidazole rings is 1. The van der Waals surface area contributed by atoms with Gasteiger partial charge in [0.05, 0.1) is 0 Å². The van der Waals surface area contributed by atoms with Gasteiger partial charge >= 0.3 is 0 Å². The number of anilines is 2. The zero-order chi connectivity index (χ0) is 13.8. The van der Waals surface area contributed by atoms with E-state index in [1.165, 1.54) is 6.33 Å². The molecule has 0 saturated heterocycles. The summed E-state index contributed by atoms with van der Waals surface area (Å²) in [6.07, 6.45) is 6.84. The number of aromatic nitrogens is 7. The van der Waals surface area contributed by atoms with Gasteiger partial charge in [-0.2, -0.15) is 19.9 Å². The molecule has 3 heterocycles. The lowest BCUT2D eigenvalue weighted by Crippen LogP contribution is -2.12. The van der Waals surface area contributed by atoms with Crippen LogP contribution < -0.4 is 11.1 Å². The average Bonchev–Trinajstić information content (AvgIpc) is 3.11. The maximum atomic E-state index is 5.65. The molecule has 10 nitrogen and oxygen atoms in total. The van der Waals surface area contributed by atoms with Crippen molar-refractivity contribution < 1.29 is 4.52 Å². The minimum Gasteiger partial charge on any atom is -0.368 e. The smallest absolute Gasteiger partial charge is 0.241 e. The second-order valence-corrected chi connectivity index (χ2v) is 3.80. The van der Waals surface area contributed by atoms with E-state index in [-0.39, 0.29) is 5.95 Å². The van der Waals surface area contributed by atoms with Crippen LogP contribution in [0.5, 0.6) is 0 Å². The molecule has 0 aliphatic carbocycles. The number of nitrogen functional groups attached to an aromatic ring is 1. The van der Waals surface area contributed by atoms with Gasteiger partial charge in [-0.1, -0.05) is 5.16 Å². The van der Waals surface area contributed by atoms with E-state index in [4.69, 9.17) is 10.3 Å². The number of nitrogens with one attached hydrogen (secondary N) is 1. The normalized spacial score (nSPS) is 10.6. The first-order chi connectivity index (χ1) is 9.81. The van der Waals surface area contributed by atoms with Crippen LogP contribution in [0.1, 0.15) is 5.89 Å². The lowest BCUT2D eigenvalue weighted by molar-refractivity contribution is 0.379. The minimum absolute atomic E-state index is 0.129. The highest BCUT2D eigenvalue weighted by atomic mass is 16.5. The molecule has 0 fully saturated rings. The summed E-state index contributed by atoms with van der Waals surface area (Å²) < 4.78 is 6.53. The van der Waals surface area contributed by atoms with E-state index >= 15 is 0 Å². The summed E-state index contributed by atoms with van der Waals surface area (Å²) in [5.41, 5.74) is 5.65. The Morgan fingerprint density at radius 2 is 2.25 bits per heavy atom. The second-order valence-electron chi connectivity index (χ2n) is 3.80. The zero-order valence-electron chi connectivity index (χ0n) is 10.3.